The molecule has 0 aromatic heterocycles. The lowest BCUT2D eigenvalue weighted by Crippen LogP contribution is -2.47. The van der Waals surface area contributed by atoms with E-state index in [9.17, 15) is 10.1 Å². The number of nitro groups is 1. The Labute approximate surface area is 109 Å². The van der Waals surface area contributed by atoms with Crippen molar-refractivity contribution >= 4 is 11.4 Å². The summed E-state index contributed by atoms with van der Waals surface area (Å²) >= 11 is 0. The fraction of sp³-hybridized carbons (Fsp3) is 0.500. The van der Waals surface area contributed by atoms with Gasteiger partial charge in [0.15, 0.2) is 5.69 Å². The molecule has 0 saturated carbocycles. The fourth-order valence-corrected chi connectivity index (χ4v) is 2.28. The van der Waals surface area contributed by atoms with Crippen LogP contribution in [0.15, 0.2) is 18.2 Å². The van der Waals surface area contributed by atoms with Gasteiger partial charge >= 0.3 is 0 Å². The number of para-hydroxylation sites is 1. The lowest BCUT2D eigenvalue weighted by atomic mass is 10.1. The van der Waals surface area contributed by atoms with Gasteiger partial charge in [-0.3, -0.25) is 10.1 Å². The van der Waals surface area contributed by atoms with E-state index in [1.807, 2.05) is 0 Å². The maximum absolute atomic E-state index is 11.0. The molecule has 1 saturated heterocycles. The summed E-state index contributed by atoms with van der Waals surface area (Å²) in [5.41, 5.74) is 0.428. The predicted molar refractivity (Wildman–Crippen MR) is 66.6 cm³/mol. The van der Waals surface area contributed by atoms with Crippen LogP contribution in [-0.4, -0.2) is 43.5 Å². The molecule has 0 amide bonds. The number of benzene rings is 1. The number of nitro benzene ring substituents is 1. The molecule has 0 aliphatic carbocycles. The molecule has 0 bridgehead atoms. The van der Waals surface area contributed by atoms with Crippen LogP contribution in [0.2, 0.25) is 0 Å². The zero-order chi connectivity index (χ0) is 13.2. The van der Waals surface area contributed by atoms with Crippen LogP contribution in [0.25, 0.3) is 0 Å². The number of ether oxygens (including phenoxy) is 3. The summed E-state index contributed by atoms with van der Waals surface area (Å²) in [6, 6.07) is 4.63. The molecule has 2 aliphatic rings. The second-order valence-electron chi connectivity index (χ2n) is 4.45. The molecular formula is C12H14N2O5. The highest BCUT2D eigenvalue weighted by molar-refractivity contribution is 5.71. The number of hydrogen-bond acceptors (Lipinski definition) is 6. The Morgan fingerprint density at radius 1 is 1.32 bits per heavy atom. The van der Waals surface area contributed by atoms with E-state index in [-0.39, 0.29) is 17.8 Å². The van der Waals surface area contributed by atoms with E-state index < -0.39 is 4.92 Å². The Morgan fingerprint density at radius 3 is 2.95 bits per heavy atom. The van der Waals surface area contributed by atoms with Crippen LogP contribution in [0.3, 0.4) is 0 Å². The zero-order valence-corrected chi connectivity index (χ0v) is 10.2. The van der Waals surface area contributed by atoms with Gasteiger partial charge in [-0.1, -0.05) is 6.07 Å². The highest BCUT2D eigenvalue weighted by atomic mass is 16.6. The molecule has 1 aromatic rings. The number of rotatable bonds is 2. The van der Waals surface area contributed by atoms with Gasteiger partial charge in [0.05, 0.1) is 30.8 Å². The fourth-order valence-electron chi connectivity index (χ4n) is 2.28. The second-order valence-corrected chi connectivity index (χ2v) is 4.45. The maximum atomic E-state index is 11.0. The molecule has 2 aliphatic heterocycles. The average Bonchev–Trinajstić information content (AvgIpc) is 2.47. The lowest BCUT2D eigenvalue weighted by molar-refractivity contribution is -0.384. The van der Waals surface area contributed by atoms with Gasteiger partial charge in [-0.2, -0.15) is 0 Å². The van der Waals surface area contributed by atoms with Gasteiger partial charge in [0, 0.05) is 6.07 Å². The lowest BCUT2D eigenvalue weighted by Gasteiger charge is -2.34. The van der Waals surface area contributed by atoms with Crippen LogP contribution in [0.1, 0.15) is 0 Å². The standard InChI is InChI=1S/C12H14N2O5/c15-14(16)9-2-1-3-10-12(9)13-8(6-19-10)11-7-17-4-5-18-11/h1-3,8,11,13H,4-7H2/t8?,11-/m1/s1. The summed E-state index contributed by atoms with van der Waals surface area (Å²) in [4.78, 5) is 10.6. The molecule has 19 heavy (non-hydrogen) atoms. The molecule has 7 heteroatoms. The van der Waals surface area contributed by atoms with E-state index in [0.29, 0.717) is 37.9 Å². The van der Waals surface area contributed by atoms with E-state index in [1.54, 1.807) is 12.1 Å². The first kappa shape index (κ1) is 12.2. The Kier molecular flexibility index (Phi) is 3.22. The van der Waals surface area contributed by atoms with Gasteiger partial charge < -0.3 is 19.5 Å². The Balaban J connectivity index is 1.83. The number of nitrogens with one attached hydrogen (secondary N) is 1. The zero-order valence-electron chi connectivity index (χ0n) is 10.2. The van der Waals surface area contributed by atoms with Crippen LogP contribution in [0.4, 0.5) is 11.4 Å². The summed E-state index contributed by atoms with van der Waals surface area (Å²) in [6.45, 7) is 1.99. The van der Waals surface area contributed by atoms with Crippen molar-refractivity contribution in [1.29, 1.82) is 0 Å². The van der Waals surface area contributed by atoms with Crippen molar-refractivity contribution < 1.29 is 19.1 Å². The van der Waals surface area contributed by atoms with E-state index in [2.05, 4.69) is 5.32 Å². The topological polar surface area (TPSA) is 82.9 Å². The molecule has 0 spiro atoms. The molecule has 1 N–H and O–H groups in total. The minimum Gasteiger partial charge on any atom is -0.489 e. The molecule has 1 fully saturated rings. The predicted octanol–water partition coefficient (Wildman–Crippen LogP) is 1.18. The van der Waals surface area contributed by atoms with Crippen LogP contribution in [-0.2, 0) is 9.47 Å². The quantitative estimate of drug-likeness (QED) is 0.639. The second kappa shape index (κ2) is 5.02. The normalized spacial score (nSPS) is 25.9. The first-order chi connectivity index (χ1) is 9.25. The molecular weight excluding hydrogens is 252 g/mol. The average molecular weight is 266 g/mol. The molecule has 2 heterocycles. The molecule has 7 nitrogen and oxygen atoms in total. The summed E-state index contributed by atoms with van der Waals surface area (Å²) in [7, 11) is 0. The number of nitrogens with zero attached hydrogens (tertiary/aromatic N) is 1. The van der Waals surface area contributed by atoms with Gasteiger partial charge in [-0.05, 0) is 6.07 Å². The smallest absolute Gasteiger partial charge is 0.296 e. The van der Waals surface area contributed by atoms with Gasteiger partial charge in [-0.15, -0.1) is 0 Å². The van der Waals surface area contributed by atoms with Crippen molar-refractivity contribution in [3.05, 3.63) is 28.3 Å². The van der Waals surface area contributed by atoms with Crippen molar-refractivity contribution in [2.24, 2.45) is 0 Å². The Morgan fingerprint density at radius 2 is 2.21 bits per heavy atom. The molecule has 2 atom stereocenters. The Hall–Kier alpha value is -1.86. The SMILES string of the molecule is O=[N+]([O-])c1cccc2c1NC([C@H]1COCCO1)CO2. The summed E-state index contributed by atoms with van der Waals surface area (Å²) in [5, 5.41) is 14.2. The van der Waals surface area contributed by atoms with Crippen LogP contribution in [0.5, 0.6) is 5.75 Å². The minimum absolute atomic E-state index is 0.0129. The monoisotopic (exact) mass is 266 g/mol. The molecule has 0 radical (unpaired) electrons. The summed E-state index contributed by atoms with van der Waals surface area (Å²) < 4.78 is 16.5. The van der Waals surface area contributed by atoms with Gasteiger partial charge in [0.2, 0.25) is 0 Å². The van der Waals surface area contributed by atoms with Crippen molar-refractivity contribution in [3.8, 4) is 5.75 Å². The van der Waals surface area contributed by atoms with Crippen LogP contribution < -0.4 is 10.1 Å². The van der Waals surface area contributed by atoms with E-state index in [4.69, 9.17) is 14.2 Å². The summed E-state index contributed by atoms with van der Waals surface area (Å²) in [5.74, 6) is 0.502. The highest BCUT2D eigenvalue weighted by Crippen LogP contribution is 2.37. The van der Waals surface area contributed by atoms with Gasteiger partial charge in [0.25, 0.3) is 5.69 Å². The van der Waals surface area contributed by atoms with Gasteiger partial charge in [-0.25, -0.2) is 0 Å². The van der Waals surface area contributed by atoms with Crippen molar-refractivity contribution in [3.63, 3.8) is 0 Å². The Bertz CT molecular complexity index is 487. The van der Waals surface area contributed by atoms with Crippen LogP contribution in [0, 0.1) is 10.1 Å². The van der Waals surface area contributed by atoms with E-state index in [0.717, 1.165) is 0 Å². The van der Waals surface area contributed by atoms with Crippen molar-refractivity contribution in [2.45, 2.75) is 12.1 Å². The number of anilines is 1. The first-order valence-corrected chi connectivity index (χ1v) is 6.12. The van der Waals surface area contributed by atoms with Crippen molar-refractivity contribution in [2.75, 3.05) is 31.7 Å². The number of hydrogen-bond donors (Lipinski definition) is 1. The third kappa shape index (κ3) is 2.34. The largest absolute Gasteiger partial charge is 0.489 e. The van der Waals surface area contributed by atoms with Crippen molar-refractivity contribution in [1.82, 2.24) is 0 Å². The highest BCUT2D eigenvalue weighted by Gasteiger charge is 2.32. The van der Waals surface area contributed by atoms with Gasteiger partial charge in [0.1, 0.15) is 18.5 Å². The van der Waals surface area contributed by atoms with E-state index in [1.165, 1.54) is 6.07 Å². The molecule has 102 valence electrons. The first-order valence-electron chi connectivity index (χ1n) is 6.12. The molecule has 1 unspecified atom stereocenters. The minimum atomic E-state index is -0.421. The summed E-state index contributed by atoms with van der Waals surface area (Å²) in [6.07, 6.45) is -0.151. The maximum Gasteiger partial charge on any atom is 0.296 e. The third-order valence-electron chi connectivity index (χ3n) is 3.24. The number of fused-ring (bicyclic) bond motifs is 1. The third-order valence-corrected chi connectivity index (χ3v) is 3.24. The molecule has 1 aromatic carbocycles. The van der Waals surface area contributed by atoms with E-state index >= 15 is 0 Å². The van der Waals surface area contributed by atoms with Crippen LogP contribution >= 0.6 is 0 Å². The molecule has 3 rings (SSSR count).